The summed E-state index contributed by atoms with van der Waals surface area (Å²) in [5, 5.41) is 0. The average molecular weight is 255 g/mol. The van der Waals surface area contributed by atoms with Crippen LogP contribution in [0.5, 0.6) is 11.5 Å². The Labute approximate surface area is 104 Å². The zero-order valence-corrected chi connectivity index (χ0v) is 9.92. The smallest absolute Gasteiger partial charge is 0.264 e. The fourth-order valence-electron chi connectivity index (χ4n) is 2.48. The van der Waals surface area contributed by atoms with Gasteiger partial charge in [0, 0.05) is 17.5 Å². The Morgan fingerprint density at radius 1 is 1.17 bits per heavy atom. The Morgan fingerprint density at radius 3 is 2.28 bits per heavy atom. The predicted octanol–water partition coefficient (Wildman–Crippen LogP) is 2.39. The summed E-state index contributed by atoms with van der Waals surface area (Å²) in [5.74, 6) is 0.966. The van der Waals surface area contributed by atoms with Crippen molar-refractivity contribution in [3.05, 3.63) is 23.3 Å². The first-order valence-electron chi connectivity index (χ1n) is 6.08. The van der Waals surface area contributed by atoms with Crippen LogP contribution < -0.4 is 15.2 Å². The average Bonchev–Trinajstić information content (AvgIpc) is 3.18. The molecule has 1 aromatic rings. The first-order valence-corrected chi connectivity index (χ1v) is 6.08. The number of ether oxygens (including phenoxy) is 2. The van der Waals surface area contributed by atoms with E-state index in [1.165, 1.54) is 6.07 Å². The van der Waals surface area contributed by atoms with E-state index in [1.54, 1.807) is 6.07 Å². The van der Waals surface area contributed by atoms with Gasteiger partial charge in [-0.05, 0) is 30.5 Å². The Bertz CT molecular complexity index is 472. The van der Waals surface area contributed by atoms with Gasteiger partial charge in [0.15, 0.2) is 11.5 Å². The van der Waals surface area contributed by atoms with Gasteiger partial charge in [-0.2, -0.15) is 0 Å². The van der Waals surface area contributed by atoms with Crippen molar-refractivity contribution in [1.29, 1.82) is 0 Å². The molecule has 0 atom stereocenters. The van der Waals surface area contributed by atoms with Crippen molar-refractivity contribution in [1.82, 2.24) is 0 Å². The summed E-state index contributed by atoms with van der Waals surface area (Å²) >= 11 is 0. The van der Waals surface area contributed by atoms with Crippen LogP contribution in [0.2, 0.25) is 0 Å². The quantitative estimate of drug-likeness (QED) is 0.902. The minimum Gasteiger partial charge on any atom is -0.486 e. The maximum absolute atomic E-state index is 13.2. The normalized spacial score (nSPS) is 20.0. The molecule has 0 aromatic heterocycles. The van der Waals surface area contributed by atoms with Crippen molar-refractivity contribution < 1.29 is 18.3 Å². The number of fused-ring (bicyclic) bond motifs is 1. The largest absolute Gasteiger partial charge is 0.486 e. The van der Waals surface area contributed by atoms with Gasteiger partial charge in [-0.3, -0.25) is 0 Å². The molecule has 0 amide bonds. The topological polar surface area (TPSA) is 44.5 Å². The highest BCUT2D eigenvalue weighted by Gasteiger charge is 2.46. The zero-order valence-electron chi connectivity index (χ0n) is 9.92. The first-order chi connectivity index (χ1) is 8.66. The molecule has 3 nitrogen and oxygen atoms in total. The van der Waals surface area contributed by atoms with E-state index in [1.807, 2.05) is 0 Å². The molecule has 0 saturated heterocycles. The second-order valence-electron chi connectivity index (χ2n) is 4.87. The molecule has 18 heavy (non-hydrogen) atoms. The zero-order chi connectivity index (χ0) is 12.8. The highest BCUT2D eigenvalue weighted by Crippen LogP contribution is 2.52. The van der Waals surface area contributed by atoms with Crippen LogP contribution in [0.1, 0.15) is 30.4 Å². The Balaban J connectivity index is 2.11. The maximum Gasteiger partial charge on any atom is 0.264 e. The molecule has 1 fully saturated rings. The lowest BCUT2D eigenvalue weighted by molar-refractivity contribution is 0.145. The minimum absolute atomic E-state index is 0.0298. The molecule has 1 heterocycles. The van der Waals surface area contributed by atoms with Crippen molar-refractivity contribution in [3.63, 3.8) is 0 Å². The summed E-state index contributed by atoms with van der Waals surface area (Å²) in [6.07, 6.45) is -0.786. The third-order valence-corrected chi connectivity index (χ3v) is 3.77. The minimum atomic E-state index is -2.51. The lowest BCUT2D eigenvalue weighted by Gasteiger charge is -2.24. The van der Waals surface area contributed by atoms with Crippen molar-refractivity contribution in [2.75, 3.05) is 19.8 Å². The van der Waals surface area contributed by atoms with Crippen LogP contribution in [0.25, 0.3) is 0 Å². The molecule has 0 unspecified atom stereocenters. The summed E-state index contributed by atoms with van der Waals surface area (Å²) in [5.41, 5.74) is 6.11. The third kappa shape index (κ3) is 1.73. The summed E-state index contributed by atoms with van der Waals surface area (Å²) in [7, 11) is 0. The van der Waals surface area contributed by atoms with Crippen LogP contribution in [0.4, 0.5) is 8.78 Å². The fourth-order valence-corrected chi connectivity index (χ4v) is 2.48. The second kappa shape index (κ2) is 4.09. The van der Waals surface area contributed by atoms with Crippen LogP contribution in [0.15, 0.2) is 12.1 Å². The van der Waals surface area contributed by atoms with Gasteiger partial charge in [0.2, 0.25) is 0 Å². The molecule has 2 aliphatic rings. The molecule has 1 aromatic carbocycles. The fraction of sp³-hybridized carbons (Fsp3) is 0.538. The monoisotopic (exact) mass is 255 g/mol. The Morgan fingerprint density at radius 2 is 1.78 bits per heavy atom. The van der Waals surface area contributed by atoms with Crippen LogP contribution in [0.3, 0.4) is 0 Å². The first kappa shape index (κ1) is 11.7. The molecule has 1 aliphatic carbocycles. The van der Waals surface area contributed by atoms with E-state index < -0.39 is 6.43 Å². The van der Waals surface area contributed by atoms with E-state index in [9.17, 15) is 8.78 Å². The lowest BCUT2D eigenvalue weighted by atomic mass is 9.90. The number of rotatable bonds is 3. The van der Waals surface area contributed by atoms with Gasteiger partial charge in [-0.25, -0.2) is 8.78 Å². The maximum atomic E-state index is 13.2. The standard InChI is InChI=1S/C13H15F2NO2/c14-12(15)8-5-10-11(18-4-3-17-10)6-9(8)13(7-16)1-2-13/h5-6,12H,1-4,7,16H2. The molecule has 1 aliphatic heterocycles. The third-order valence-electron chi connectivity index (χ3n) is 3.77. The van der Waals surface area contributed by atoms with E-state index in [2.05, 4.69) is 0 Å². The van der Waals surface area contributed by atoms with Gasteiger partial charge >= 0.3 is 0 Å². The van der Waals surface area contributed by atoms with Crippen molar-refractivity contribution in [3.8, 4) is 11.5 Å². The van der Waals surface area contributed by atoms with E-state index in [-0.39, 0.29) is 11.0 Å². The number of nitrogens with two attached hydrogens (primary N) is 1. The molecular formula is C13H15F2NO2. The van der Waals surface area contributed by atoms with Crippen LogP contribution in [0, 0.1) is 0 Å². The summed E-state index contributed by atoms with van der Waals surface area (Å²) in [6, 6.07) is 3.10. The molecule has 3 rings (SSSR count). The van der Waals surface area contributed by atoms with Gasteiger partial charge in [0.1, 0.15) is 13.2 Å². The van der Waals surface area contributed by atoms with Gasteiger partial charge in [0.25, 0.3) is 6.43 Å². The van der Waals surface area contributed by atoms with Crippen molar-refractivity contribution >= 4 is 0 Å². The molecule has 0 bridgehead atoms. The van der Waals surface area contributed by atoms with Gasteiger partial charge in [-0.15, -0.1) is 0 Å². The summed E-state index contributed by atoms with van der Waals surface area (Å²) < 4.78 is 37.1. The van der Waals surface area contributed by atoms with Gasteiger partial charge in [-0.1, -0.05) is 0 Å². The number of halogens is 2. The predicted molar refractivity (Wildman–Crippen MR) is 62.4 cm³/mol. The number of hydrogen-bond donors (Lipinski definition) is 1. The SMILES string of the molecule is NCC1(c2cc3c(cc2C(F)F)OCCO3)CC1. The highest BCUT2D eigenvalue weighted by molar-refractivity contribution is 5.52. The Hall–Kier alpha value is -1.36. The van der Waals surface area contributed by atoms with E-state index in [4.69, 9.17) is 15.2 Å². The van der Waals surface area contributed by atoms with E-state index >= 15 is 0 Å². The Kier molecular flexibility index (Phi) is 2.66. The number of benzene rings is 1. The molecule has 0 radical (unpaired) electrons. The summed E-state index contributed by atoms with van der Waals surface area (Å²) in [4.78, 5) is 0. The molecule has 5 heteroatoms. The van der Waals surface area contributed by atoms with E-state index in [0.29, 0.717) is 36.8 Å². The molecule has 0 spiro atoms. The van der Waals surface area contributed by atoms with Crippen molar-refractivity contribution in [2.45, 2.75) is 24.7 Å². The van der Waals surface area contributed by atoms with Crippen LogP contribution in [-0.2, 0) is 5.41 Å². The van der Waals surface area contributed by atoms with Crippen LogP contribution >= 0.6 is 0 Å². The molecule has 98 valence electrons. The summed E-state index contributed by atoms with van der Waals surface area (Å²) in [6.45, 7) is 1.25. The van der Waals surface area contributed by atoms with Gasteiger partial charge in [0.05, 0.1) is 0 Å². The second-order valence-corrected chi connectivity index (χ2v) is 4.87. The molecular weight excluding hydrogens is 240 g/mol. The van der Waals surface area contributed by atoms with Crippen LogP contribution in [-0.4, -0.2) is 19.8 Å². The molecule has 1 saturated carbocycles. The van der Waals surface area contributed by atoms with Gasteiger partial charge < -0.3 is 15.2 Å². The molecule has 2 N–H and O–H groups in total. The number of hydrogen-bond acceptors (Lipinski definition) is 3. The van der Waals surface area contributed by atoms with Crippen molar-refractivity contribution in [2.24, 2.45) is 5.73 Å². The van der Waals surface area contributed by atoms with E-state index in [0.717, 1.165) is 12.8 Å². The highest BCUT2D eigenvalue weighted by atomic mass is 19.3. The lowest BCUT2D eigenvalue weighted by Crippen LogP contribution is -2.23. The number of alkyl halides is 2.